The van der Waals surface area contributed by atoms with Crippen molar-refractivity contribution in [3.63, 3.8) is 0 Å². The van der Waals surface area contributed by atoms with Crippen molar-refractivity contribution >= 4 is 10.0 Å². The molecule has 0 atom stereocenters. The van der Waals surface area contributed by atoms with Crippen LogP contribution in [0, 0.1) is 0 Å². The first-order chi connectivity index (χ1) is 11.6. The summed E-state index contributed by atoms with van der Waals surface area (Å²) in [5, 5.41) is 3.87. The second kappa shape index (κ2) is 6.81. The van der Waals surface area contributed by atoms with Crippen molar-refractivity contribution in [1.82, 2.24) is 14.9 Å². The van der Waals surface area contributed by atoms with E-state index in [0.29, 0.717) is 17.1 Å². The Labute approximate surface area is 139 Å². The third-order valence-corrected chi connectivity index (χ3v) is 4.70. The van der Waals surface area contributed by atoms with Gasteiger partial charge in [0.05, 0.1) is 24.1 Å². The van der Waals surface area contributed by atoms with Crippen LogP contribution < -0.4 is 9.46 Å². The van der Waals surface area contributed by atoms with Gasteiger partial charge in [0.25, 0.3) is 0 Å². The molecule has 1 aromatic heterocycles. The average molecular weight is 345 g/mol. The molecule has 0 spiro atoms. The molecule has 2 aromatic carbocycles. The van der Waals surface area contributed by atoms with Gasteiger partial charge in [-0.05, 0) is 24.3 Å². The SMILES string of the molecule is COc1ccccc1-c1noc(CNS(=O)(=O)c2ccccc2)n1. The molecule has 0 aliphatic heterocycles. The molecule has 1 N–H and O–H groups in total. The Balaban J connectivity index is 1.75. The van der Waals surface area contributed by atoms with Crippen molar-refractivity contribution in [2.75, 3.05) is 7.11 Å². The lowest BCUT2D eigenvalue weighted by molar-refractivity contribution is 0.375. The van der Waals surface area contributed by atoms with E-state index < -0.39 is 10.0 Å². The van der Waals surface area contributed by atoms with Gasteiger partial charge in [0, 0.05) is 0 Å². The Bertz CT molecular complexity index is 923. The number of methoxy groups -OCH3 is 1. The zero-order valence-electron chi connectivity index (χ0n) is 12.8. The highest BCUT2D eigenvalue weighted by atomic mass is 32.2. The van der Waals surface area contributed by atoms with Gasteiger partial charge in [-0.1, -0.05) is 35.5 Å². The Morgan fingerprint density at radius 1 is 1.08 bits per heavy atom. The Hall–Kier alpha value is -2.71. The first-order valence-electron chi connectivity index (χ1n) is 7.11. The van der Waals surface area contributed by atoms with Crippen LogP contribution in [0.2, 0.25) is 0 Å². The van der Waals surface area contributed by atoms with E-state index >= 15 is 0 Å². The highest BCUT2D eigenvalue weighted by molar-refractivity contribution is 7.89. The second-order valence-electron chi connectivity index (χ2n) is 4.85. The Kier molecular flexibility index (Phi) is 4.59. The minimum Gasteiger partial charge on any atom is -0.496 e. The van der Waals surface area contributed by atoms with E-state index in [1.54, 1.807) is 37.4 Å². The lowest BCUT2D eigenvalue weighted by atomic mass is 10.2. The summed E-state index contributed by atoms with van der Waals surface area (Å²) in [6, 6.07) is 15.3. The van der Waals surface area contributed by atoms with Gasteiger partial charge in [0.2, 0.25) is 21.7 Å². The van der Waals surface area contributed by atoms with Gasteiger partial charge in [0.1, 0.15) is 5.75 Å². The molecule has 7 nitrogen and oxygen atoms in total. The molecule has 0 radical (unpaired) electrons. The fourth-order valence-corrected chi connectivity index (χ4v) is 3.10. The standard InChI is InChI=1S/C16H15N3O4S/c1-22-14-10-6-5-9-13(14)16-18-15(23-19-16)11-17-24(20,21)12-7-3-2-4-8-12/h2-10,17H,11H2,1H3. The molecular weight excluding hydrogens is 330 g/mol. The maximum atomic E-state index is 12.2. The van der Waals surface area contributed by atoms with Crippen LogP contribution in [0.1, 0.15) is 5.89 Å². The van der Waals surface area contributed by atoms with Crippen LogP contribution >= 0.6 is 0 Å². The molecule has 0 bridgehead atoms. The van der Waals surface area contributed by atoms with E-state index in [1.807, 2.05) is 12.1 Å². The number of hydrogen-bond donors (Lipinski definition) is 1. The van der Waals surface area contributed by atoms with Crippen LogP contribution in [-0.2, 0) is 16.6 Å². The van der Waals surface area contributed by atoms with Gasteiger partial charge in [-0.2, -0.15) is 4.98 Å². The smallest absolute Gasteiger partial charge is 0.242 e. The van der Waals surface area contributed by atoms with Crippen LogP contribution in [0.15, 0.2) is 64.0 Å². The molecule has 0 aliphatic rings. The van der Waals surface area contributed by atoms with Crippen LogP contribution in [-0.4, -0.2) is 25.7 Å². The molecular formula is C16H15N3O4S. The van der Waals surface area contributed by atoms with E-state index in [2.05, 4.69) is 14.9 Å². The summed E-state index contributed by atoms with van der Waals surface area (Å²) < 4.78 is 37.1. The van der Waals surface area contributed by atoms with Crippen molar-refractivity contribution in [1.29, 1.82) is 0 Å². The lowest BCUT2D eigenvalue weighted by Crippen LogP contribution is -2.23. The Morgan fingerprint density at radius 2 is 1.79 bits per heavy atom. The van der Waals surface area contributed by atoms with E-state index in [0.717, 1.165) is 0 Å². The zero-order valence-corrected chi connectivity index (χ0v) is 13.7. The molecule has 0 aliphatic carbocycles. The topological polar surface area (TPSA) is 94.3 Å². The van der Waals surface area contributed by atoms with E-state index in [9.17, 15) is 8.42 Å². The molecule has 124 valence electrons. The summed E-state index contributed by atoms with van der Waals surface area (Å²) >= 11 is 0. The van der Waals surface area contributed by atoms with Gasteiger partial charge in [-0.25, -0.2) is 13.1 Å². The second-order valence-corrected chi connectivity index (χ2v) is 6.62. The van der Waals surface area contributed by atoms with E-state index in [-0.39, 0.29) is 17.3 Å². The van der Waals surface area contributed by atoms with Crippen molar-refractivity contribution < 1.29 is 17.7 Å². The number of nitrogens with zero attached hydrogens (tertiary/aromatic N) is 2. The fraction of sp³-hybridized carbons (Fsp3) is 0.125. The van der Waals surface area contributed by atoms with E-state index in [1.165, 1.54) is 12.1 Å². The van der Waals surface area contributed by atoms with Crippen LogP contribution in [0.4, 0.5) is 0 Å². The predicted molar refractivity (Wildman–Crippen MR) is 86.8 cm³/mol. The zero-order chi connectivity index (χ0) is 17.0. The monoisotopic (exact) mass is 345 g/mol. The maximum Gasteiger partial charge on any atom is 0.242 e. The molecule has 0 amide bonds. The maximum absolute atomic E-state index is 12.2. The summed E-state index contributed by atoms with van der Waals surface area (Å²) in [4.78, 5) is 4.38. The number of para-hydroxylation sites is 1. The van der Waals surface area contributed by atoms with Gasteiger partial charge in [0.15, 0.2) is 0 Å². The predicted octanol–water partition coefficient (Wildman–Crippen LogP) is 2.22. The first-order valence-corrected chi connectivity index (χ1v) is 8.59. The summed E-state index contributed by atoms with van der Waals surface area (Å²) in [6.07, 6.45) is 0. The molecule has 0 unspecified atom stereocenters. The highest BCUT2D eigenvalue weighted by Gasteiger charge is 2.17. The van der Waals surface area contributed by atoms with Gasteiger partial charge in [-0.3, -0.25) is 0 Å². The average Bonchev–Trinajstić information content (AvgIpc) is 3.10. The van der Waals surface area contributed by atoms with Gasteiger partial charge in [-0.15, -0.1) is 0 Å². The van der Waals surface area contributed by atoms with Crippen molar-refractivity contribution in [3.05, 3.63) is 60.5 Å². The van der Waals surface area contributed by atoms with Gasteiger partial charge < -0.3 is 9.26 Å². The molecule has 3 aromatic rings. The molecule has 0 saturated heterocycles. The van der Waals surface area contributed by atoms with Crippen molar-refractivity contribution in [2.24, 2.45) is 0 Å². The summed E-state index contributed by atoms with van der Waals surface area (Å²) in [5.41, 5.74) is 0.668. The Morgan fingerprint density at radius 3 is 2.54 bits per heavy atom. The number of rotatable bonds is 6. The van der Waals surface area contributed by atoms with Crippen LogP contribution in [0.5, 0.6) is 5.75 Å². The quantitative estimate of drug-likeness (QED) is 0.736. The van der Waals surface area contributed by atoms with Gasteiger partial charge >= 0.3 is 0 Å². The molecule has 3 rings (SSSR count). The minimum absolute atomic E-state index is 0.0978. The highest BCUT2D eigenvalue weighted by Crippen LogP contribution is 2.27. The third kappa shape index (κ3) is 3.44. The van der Waals surface area contributed by atoms with Crippen LogP contribution in [0.25, 0.3) is 11.4 Å². The number of ether oxygens (including phenoxy) is 1. The van der Waals surface area contributed by atoms with Crippen molar-refractivity contribution in [2.45, 2.75) is 11.4 Å². The summed E-state index contributed by atoms with van der Waals surface area (Å²) in [5.74, 6) is 1.10. The molecule has 8 heteroatoms. The summed E-state index contributed by atoms with van der Waals surface area (Å²) in [6.45, 7) is -0.0978. The first kappa shape index (κ1) is 16.2. The molecule has 0 fully saturated rings. The number of nitrogens with one attached hydrogen (secondary N) is 1. The third-order valence-electron chi connectivity index (χ3n) is 3.28. The number of benzene rings is 2. The number of sulfonamides is 1. The molecule has 1 heterocycles. The normalized spacial score (nSPS) is 11.4. The summed E-state index contributed by atoms with van der Waals surface area (Å²) in [7, 11) is -2.08. The van der Waals surface area contributed by atoms with E-state index in [4.69, 9.17) is 9.26 Å². The lowest BCUT2D eigenvalue weighted by Gasteiger charge is -2.04. The molecule has 0 saturated carbocycles. The minimum atomic E-state index is -3.63. The number of aromatic nitrogens is 2. The van der Waals surface area contributed by atoms with Crippen molar-refractivity contribution in [3.8, 4) is 17.1 Å². The molecule has 24 heavy (non-hydrogen) atoms. The van der Waals surface area contributed by atoms with Crippen LogP contribution in [0.3, 0.4) is 0 Å². The number of hydrogen-bond acceptors (Lipinski definition) is 6. The largest absolute Gasteiger partial charge is 0.496 e. The fourth-order valence-electron chi connectivity index (χ4n) is 2.11.